The molecule has 0 aromatic carbocycles. The number of aliphatic hydroxyl groups is 1. The number of hydrogen-bond acceptors (Lipinski definition) is 3. The fraction of sp³-hybridized carbons (Fsp3) is 0.667. The van der Waals surface area contributed by atoms with Crippen LogP contribution >= 0.6 is 0 Å². The van der Waals surface area contributed by atoms with Crippen molar-refractivity contribution in [1.82, 2.24) is 0 Å². The van der Waals surface area contributed by atoms with Crippen molar-refractivity contribution < 1.29 is 14.6 Å². The Morgan fingerprint density at radius 2 is 2.08 bits per heavy atom. The van der Waals surface area contributed by atoms with Crippen LogP contribution in [0.15, 0.2) is 12.7 Å². The van der Waals surface area contributed by atoms with Crippen molar-refractivity contribution in [3.8, 4) is 0 Å². The molecule has 12 heavy (non-hydrogen) atoms. The number of ether oxygens (including phenoxy) is 1. The molecule has 0 aromatic heterocycles. The molecule has 0 radical (unpaired) electrons. The van der Waals surface area contributed by atoms with Crippen LogP contribution in [0.5, 0.6) is 0 Å². The van der Waals surface area contributed by atoms with Crippen LogP contribution in [-0.4, -0.2) is 23.3 Å². The van der Waals surface area contributed by atoms with Gasteiger partial charge in [0.05, 0.1) is 0 Å². The van der Waals surface area contributed by atoms with Crippen LogP contribution in [0.25, 0.3) is 0 Å². The zero-order valence-electron chi connectivity index (χ0n) is 7.67. The van der Waals surface area contributed by atoms with Gasteiger partial charge in [-0.2, -0.15) is 0 Å². The molecule has 0 unspecified atom stereocenters. The Labute approximate surface area is 73.0 Å². The van der Waals surface area contributed by atoms with Gasteiger partial charge < -0.3 is 9.84 Å². The molecule has 0 aliphatic carbocycles. The molecular formula is C9H16O3. The minimum Gasteiger partial charge on any atom is -0.459 e. The van der Waals surface area contributed by atoms with Crippen molar-refractivity contribution in [3.63, 3.8) is 0 Å². The molecule has 0 saturated heterocycles. The first kappa shape index (κ1) is 11.2. The molecule has 0 bridgehead atoms. The summed E-state index contributed by atoms with van der Waals surface area (Å²) in [5.41, 5.74) is -1.32. The lowest BCUT2D eigenvalue weighted by molar-refractivity contribution is -0.164. The van der Waals surface area contributed by atoms with Gasteiger partial charge >= 0.3 is 5.97 Å². The Morgan fingerprint density at radius 1 is 1.58 bits per heavy atom. The van der Waals surface area contributed by atoms with Crippen LogP contribution in [-0.2, 0) is 9.53 Å². The fourth-order valence-corrected chi connectivity index (χ4v) is 0.808. The van der Waals surface area contributed by atoms with Gasteiger partial charge in [0.15, 0.2) is 5.60 Å². The highest BCUT2D eigenvalue weighted by Crippen LogP contribution is 2.16. The molecule has 1 N–H and O–H groups in total. The number of carbonyl (C=O) groups excluding carboxylic acids is 1. The highest BCUT2D eigenvalue weighted by atomic mass is 16.5. The number of esters is 1. The van der Waals surface area contributed by atoms with E-state index in [1.807, 2.05) is 0 Å². The number of carbonyl (C=O) groups is 1. The third kappa shape index (κ3) is 2.66. The van der Waals surface area contributed by atoms with E-state index in [1.54, 1.807) is 13.8 Å². The second-order valence-electron chi connectivity index (χ2n) is 2.63. The Balaban J connectivity index is 4.11. The van der Waals surface area contributed by atoms with E-state index < -0.39 is 11.6 Å². The third-order valence-electron chi connectivity index (χ3n) is 1.88. The largest absolute Gasteiger partial charge is 0.459 e. The van der Waals surface area contributed by atoms with Gasteiger partial charge in [0.1, 0.15) is 6.61 Å². The van der Waals surface area contributed by atoms with Crippen LogP contribution in [0.1, 0.15) is 26.7 Å². The van der Waals surface area contributed by atoms with Crippen molar-refractivity contribution in [3.05, 3.63) is 12.7 Å². The maximum Gasteiger partial charge on any atom is 0.338 e. The smallest absolute Gasteiger partial charge is 0.338 e. The van der Waals surface area contributed by atoms with E-state index in [4.69, 9.17) is 4.74 Å². The lowest BCUT2D eigenvalue weighted by Gasteiger charge is -2.21. The summed E-state index contributed by atoms with van der Waals surface area (Å²) >= 11 is 0. The fourth-order valence-electron chi connectivity index (χ4n) is 0.808. The quantitative estimate of drug-likeness (QED) is 0.501. The molecule has 3 heteroatoms. The highest BCUT2D eigenvalue weighted by Gasteiger charge is 2.33. The minimum atomic E-state index is -1.32. The molecule has 0 aliphatic rings. The van der Waals surface area contributed by atoms with Crippen molar-refractivity contribution in [2.45, 2.75) is 32.3 Å². The van der Waals surface area contributed by atoms with E-state index in [-0.39, 0.29) is 6.61 Å². The van der Waals surface area contributed by atoms with E-state index in [2.05, 4.69) is 6.58 Å². The van der Waals surface area contributed by atoms with E-state index in [0.717, 1.165) is 0 Å². The Kier molecular flexibility index (Phi) is 4.59. The molecule has 0 rings (SSSR count). The number of hydrogen-bond donors (Lipinski definition) is 1. The molecule has 3 nitrogen and oxygen atoms in total. The Bertz CT molecular complexity index is 159. The van der Waals surface area contributed by atoms with Crippen LogP contribution in [0, 0.1) is 0 Å². The summed E-state index contributed by atoms with van der Waals surface area (Å²) in [5, 5.41) is 9.62. The average molecular weight is 172 g/mol. The second-order valence-corrected chi connectivity index (χ2v) is 2.63. The van der Waals surface area contributed by atoms with Gasteiger partial charge in [0, 0.05) is 0 Å². The molecule has 0 aromatic rings. The third-order valence-corrected chi connectivity index (χ3v) is 1.88. The average Bonchev–Trinajstić information content (AvgIpc) is 2.12. The monoisotopic (exact) mass is 172 g/mol. The van der Waals surface area contributed by atoms with Crippen LogP contribution in [0.3, 0.4) is 0 Å². The highest BCUT2D eigenvalue weighted by molar-refractivity contribution is 5.79. The van der Waals surface area contributed by atoms with Gasteiger partial charge in [0.2, 0.25) is 0 Å². The summed E-state index contributed by atoms with van der Waals surface area (Å²) in [6.07, 6.45) is 2.22. The molecule has 0 heterocycles. The van der Waals surface area contributed by atoms with E-state index in [9.17, 15) is 9.90 Å². The molecule has 0 fully saturated rings. The molecule has 0 atom stereocenters. The van der Waals surface area contributed by atoms with Gasteiger partial charge in [-0.05, 0) is 12.8 Å². The molecular weight excluding hydrogens is 156 g/mol. The van der Waals surface area contributed by atoms with Gasteiger partial charge in [0.25, 0.3) is 0 Å². The molecule has 0 amide bonds. The minimum absolute atomic E-state index is 0.154. The zero-order valence-corrected chi connectivity index (χ0v) is 7.67. The second kappa shape index (κ2) is 4.93. The van der Waals surface area contributed by atoms with Gasteiger partial charge in [-0.3, -0.25) is 0 Å². The van der Waals surface area contributed by atoms with Crippen molar-refractivity contribution in [1.29, 1.82) is 0 Å². The van der Waals surface area contributed by atoms with Gasteiger partial charge in [-0.1, -0.05) is 26.5 Å². The number of rotatable bonds is 5. The van der Waals surface area contributed by atoms with Crippen LogP contribution in [0.2, 0.25) is 0 Å². The van der Waals surface area contributed by atoms with Crippen LogP contribution < -0.4 is 0 Å². The predicted molar refractivity (Wildman–Crippen MR) is 46.7 cm³/mol. The van der Waals surface area contributed by atoms with Crippen molar-refractivity contribution in [2.75, 3.05) is 6.61 Å². The SMILES string of the molecule is C=CCOC(=O)C(O)(CC)CC. The van der Waals surface area contributed by atoms with E-state index in [1.165, 1.54) is 6.08 Å². The molecule has 0 saturated carbocycles. The molecule has 0 aliphatic heterocycles. The maximum atomic E-state index is 11.2. The lowest BCUT2D eigenvalue weighted by Crippen LogP contribution is -2.38. The summed E-state index contributed by atoms with van der Waals surface area (Å²) < 4.78 is 4.73. The predicted octanol–water partition coefficient (Wildman–Crippen LogP) is 1.27. The first-order chi connectivity index (χ1) is 5.60. The summed E-state index contributed by atoms with van der Waals surface area (Å²) in [5.74, 6) is -0.563. The standard InChI is InChI=1S/C9H16O3/c1-4-7-12-8(10)9(11,5-2)6-3/h4,11H,1,5-7H2,2-3H3. The summed E-state index contributed by atoms with van der Waals surface area (Å²) in [7, 11) is 0. The van der Waals surface area contributed by atoms with Crippen molar-refractivity contribution in [2.24, 2.45) is 0 Å². The molecule has 70 valence electrons. The van der Waals surface area contributed by atoms with Crippen molar-refractivity contribution >= 4 is 5.97 Å². The summed E-state index contributed by atoms with van der Waals surface area (Å²) in [4.78, 5) is 11.2. The Morgan fingerprint density at radius 3 is 2.42 bits per heavy atom. The van der Waals surface area contributed by atoms with Gasteiger partial charge in [-0.25, -0.2) is 4.79 Å². The maximum absolute atomic E-state index is 11.2. The zero-order chi connectivity index (χ0) is 9.61. The Hall–Kier alpha value is -0.830. The van der Waals surface area contributed by atoms with Gasteiger partial charge in [-0.15, -0.1) is 0 Å². The summed E-state index contributed by atoms with van der Waals surface area (Å²) in [6, 6.07) is 0. The first-order valence-corrected chi connectivity index (χ1v) is 4.11. The topological polar surface area (TPSA) is 46.5 Å². The molecule has 0 spiro atoms. The van der Waals surface area contributed by atoms with Crippen LogP contribution in [0.4, 0.5) is 0 Å². The first-order valence-electron chi connectivity index (χ1n) is 4.11. The lowest BCUT2D eigenvalue weighted by atomic mass is 9.98. The van der Waals surface area contributed by atoms with E-state index >= 15 is 0 Å². The summed E-state index contributed by atoms with van der Waals surface area (Å²) in [6.45, 7) is 7.06. The normalized spacial score (nSPS) is 10.9. The van der Waals surface area contributed by atoms with E-state index in [0.29, 0.717) is 12.8 Å².